The van der Waals surface area contributed by atoms with Gasteiger partial charge in [0.15, 0.2) is 0 Å². The number of carbonyl (C=O) groups is 3. The Hall–Kier alpha value is -1.59. The van der Waals surface area contributed by atoms with Crippen LogP contribution in [0.25, 0.3) is 0 Å². The van der Waals surface area contributed by atoms with Gasteiger partial charge in [0.05, 0.1) is 0 Å². The molecule has 140 valence electrons. The number of hydrogen-bond acceptors (Lipinski definition) is 3. The number of carbonyl (C=O) groups excluding carboxylic acids is 3. The standard InChI is InChI=1S/C19H31N3O3/c1-14(23)21-10-12-22(13-11-21)19(25)16-8-6-15(7-9-16)18(24)20-17-4-2-3-5-17/h15-17H,2-13H2,1H3,(H,20,24). The number of rotatable bonds is 3. The molecule has 0 aromatic carbocycles. The van der Waals surface area contributed by atoms with Crippen LogP contribution in [-0.2, 0) is 14.4 Å². The van der Waals surface area contributed by atoms with Crippen LogP contribution in [0.3, 0.4) is 0 Å². The van der Waals surface area contributed by atoms with Crippen molar-refractivity contribution in [3.63, 3.8) is 0 Å². The molecule has 0 bridgehead atoms. The highest BCUT2D eigenvalue weighted by Gasteiger charge is 2.34. The van der Waals surface area contributed by atoms with Gasteiger partial charge in [-0.1, -0.05) is 12.8 Å². The van der Waals surface area contributed by atoms with Crippen LogP contribution in [-0.4, -0.2) is 59.7 Å². The smallest absolute Gasteiger partial charge is 0.225 e. The fourth-order valence-corrected chi connectivity index (χ4v) is 4.49. The maximum atomic E-state index is 12.7. The lowest BCUT2D eigenvalue weighted by Crippen LogP contribution is -2.52. The molecule has 3 fully saturated rings. The van der Waals surface area contributed by atoms with Crippen LogP contribution in [0.15, 0.2) is 0 Å². The Morgan fingerprint density at radius 2 is 1.28 bits per heavy atom. The Balaban J connectivity index is 1.41. The highest BCUT2D eigenvalue weighted by atomic mass is 16.2. The van der Waals surface area contributed by atoms with Crippen LogP contribution in [0.2, 0.25) is 0 Å². The first-order chi connectivity index (χ1) is 12.0. The van der Waals surface area contributed by atoms with Gasteiger partial charge in [-0.15, -0.1) is 0 Å². The minimum Gasteiger partial charge on any atom is -0.353 e. The van der Waals surface area contributed by atoms with E-state index < -0.39 is 0 Å². The zero-order chi connectivity index (χ0) is 17.8. The minimum atomic E-state index is 0.0550. The molecule has 1 heterocycles. The van der Waals surface area contributed by atoms with E-state index in [2.05, 4.69) is 5.32 Å². The second kappa shape index (κ2) is 8.19. The van der Waals surface area contributed by atoms with Crippen molar-refractivity contribution < 1.29 is 14.4 Å². The van der Waals surface area contributed by atoms with Gasteiger partial charge in [0.2, 0.25) is 17.7 Å². The molecule has 2 aliphatic carbocycles. The topological polar surface area (TPSA) is 69.7 Å². The predicted octanol–water partition coefficient (Wildman–Crippen LogP) is 1.54. The highest BCUT2D eigenvalue weighted by Crippen LogP contribution is 2.31. The minimum absolute atomic E-state index is 0.0550. The zero-order valence-corrected chi connectivity index (χ0v) is 15.3. The predicted molar refractivity (Wildman–Crippen MR) is 94.7 cm³/mol. The summed E-state index contributed by atoms with van der Waals surface area (Å²) in [5, 5.41) is 3.20. The molecule has 6 nitrogen and oxygen atoms in total. The number of nitrogens with one attached hydrogen (secondary N) is 1. The maximum absolute atomic E-state index is 12.7. The van der Waals surface area contributed by atoms with Crippen molar-refractivity contribution in [1.29, 1.82) is 0 Å². The summed E-state index contributed by atoms with van der Waals surface area (Å²) in [6, 6.07) is 0.379. The Morgan fingerprint density at radius 1 is 0.760 bits per heavy atom. The molecule has 1 saturated heterocycles. The van der Waals surface area contributed by atoms with Crippen LogP contribution in [0.1, 0.15) is 58.3 Å². The quantitative estimate of drug-likeness (QED) is 0.840. The van der Waals surface area contributed by atoms with Gasteiger partial charge in [-0.3, -0.25) is 14.4 Å². The van der Waals surface area contributed by atoms with Gasteiger partial charge in [0.25, 0.3) is 0 Å². The van der Waals surface area contributed by atoms with Crippen molar-refractivity contribution in [2.45, 2.75) is 64.3 Å². The second-order valence-corrected chi connectivity index (χ2v) is 7.87. The number of hydrogen-bond donors (Lipinski definition) is 1. The third kappa shape index (κ3) is 4.53. The van der Waals surface area contributed by atoms with Gasteiger partial charge in [0, 0.05) is 51.0 Å². The van der Waals surface area contributed by atoms with Crippen molar-refractivity contribution in [2.24, 2.45) is 11.8 Å². The van der Waals surface area contributed by atoms with Gasteiger partial charge in [-0.2, -0.15) is 0 Å². The molecule has 25 heavy (non-hydrogen) atoms. The zero-order valence-electron chi connectivity index (χ0n) is 15.3. The molecule has 3 amide bonds. The van der Waals surface area contributed by atoms with Gasteiger partial charge in [-0.05, 0) is 38.5 Å². The molecule has 1 N–H and O–H groups in total. The molecule has 0 radical (unpaired) electrons. The van der Waals surface area contributed by atoms with Crippen LogP contribution < -0.4 is 5.32 Å². The van der Waals surface area contributed by atoms with E-state index >= 15 is 0 Å². The van der Waals surface area contributed by atoms with Crippen LogP contribution in [0, 0.1) is 11.8 Å². The summed E-state index contributed by atoms with van der Waals surface area (Å²) in [6.07, 6.45) is 7.96. The van der Waals surface area contributed by atoms with Gasteiger partial charge in [-0.25, -0.2) is 0 Å². The average Bonchev–Trinajstić information content (AvgIpc) is 3.14. The van der Waals surface area contributed by atoms with E-state index in [4.69, 9.17) is 0 Å². The Bertz CT molecular complexity index is 500. The summed E-state index contributed by atoms with van der Waals surface area (Å²) >= 11 is 0. The second-order valence-electron chi connectivity index (χ2n) is 7.87. The third-order valence-electron chi connectivity index (χ3n) is 6.19. The number of amides is 3. The summed E-state index contributed by atoms with van der Waals surface area (Å²) in [4.78, 5) is 40.2. The van der Waals surface area contributed by atoms with E-state index in [0.29, 0.717) is 32.2 Å². The molecular formula is C19H31N3O3. The Kier molecular flexibility index (Phi) is 5.97. The SMILES string of the molecule is CC(=O)N1CCN(C(=O)C2CCC(C(=O)NC3CCCC3)CC2)CC1. The molecule has 1 aliphatic heterocycles. The van der Waals surface area contributed by atoms with Crippen LogP contribution in [0.4, 0.5) is 0 Å². The molecule has 2 saturated carbocycles. The summed E-state index contributed by atoms with van der Waals surface area (Å²) in [6.45, 7) is 4.14. The lowest BCUT2D eigenvalue weighted by molar-refractivity contribution is -0.143. The number of nitrogens with zero attached hydrogens (tertiary/aromatic N) is 2. The third-order valence-corrected chi connectivity index (χ3v) is 6.19. The fourth-order valence-electron chi connectivity index (χ4n) is 4.49. The van der Waals surface area contributed by atoms with Crippen molar-refractivity contribution in [3.8, 4) is 0 Å². The lowest BCUT2D eigenvalue weighted by Gasteiger charge is -2.37. The molecule has 0 atom stereocenters. The Labute approximate surface area is 150 Å². The summed E-state index contributed by atoms with van der Waals surface area (Å²) < 4.78 is 0. The first kappa shape index (κ1) is 18.2. The van der Waals surface area contributed by atoms with E-state index in [0.717, 1.165) is 38.5 Å². The van der Waals surface area contributed by atoms with Crippen molar-refractivity contribution >= 4 is 17.7 Å². The molecule has 0 aromatic rings. The van der Waals surface area contributed by atoms with Crippen LogP contribution in [0.5, 0.6) is 0 Å². The monoisotopic (exact) mass is 349 g/mol. The normalized spacial score (nSPS) is 28.0. The van der Waals surface area contributed by atoms with E-state index in [1.165, 1.54) is 12.8 Å². The summed E-state index contributed by atoms with van der Waals surface area (Å²) in [5.74, 6) is 0.644. The van der Waals surface area contributed by atoms with Gasteiger partial charge < -0.3 is 15.1 Å². The van der Waals surface area contributed by atoms with E-state index in [1.54, 1.807) is 11.8 Å². The first-order valence-corrected chi connectivity index (χ1v) is 9.89. The summed E-state index contributed by atoms with van der Waals surface area (Å²) in [7, 11) is 0. The Morgan fingerprint density at radius 3 is 1.84 bits per heavy atom. The lowest BCUT2D eigenvalue weighted by atomic mass is 9.80. The van der Waals surface area contributed by atoms with Gasteiger partial charge in [0.1, 0.15) is 0 Å². The first-order valence-electron chi connectivity index (χ1n) is 9.89. The van der Waals surface area contributed by atoms with Crippen molar-refractivity contribution in [2.75, 3.05) is 26.2 Å². The van der Waals surface area contributed by atoms with Gasteiger partial charge >= 0.3 is 0 Å². The van der Waals surface area contributed by atoms with E-state index in [-0.39, 0.29) is 29.6 Å². The molecule has 0 unspecified atom stereocenters. The maximum Gasteiger partial charge on any atom is 0.225 e. The fraction of sp³-hybridized carbons (Fsp3) is 0.842. The van der Waals surface area contributed by atoms with E-state index in [9.17, 15) is 14.4 Å². The molecular weight excluding hydrogens is 318 g/mol. The molecule has 0 aromatic heterocycles. The molecule has 3 rings (SSSR count). The largest absolute Gasteiger partial charge is 0.353 e. The molecule has 6 heteroatoms. The summed E-state index contributed by atoms with van der Waals surface area (Å²) in [5.41, 5.74) is 0. The average molecular weight is 349 g/mol. The van der Waals surface area contributed by atoms with Crippen molar-refractivity contribution in [1.82, 2.24) is 15.1 Å². The highest BCUT2D eigenvalue weighted by molar-refractivity contribution is 5.81. The molecule has 0 spiro atoms. The van der Waals surface area contributed by atoms with Crippen molar-refractivity contribution in [3.05, 3.63) is 0 Å². The van der Waals surface area contributed by atoms with Crippen LogP contribution >= 0.6 is 0 Å². The molecule has 3 aliphatic rings. The van der Waals surface area contributed by atoms with E-state index in [1.807, 2.05) is 4.90 Å². The number of piperazine rings is 1.